The van der Waals surface area contributed by atoms with E-state index in [1.165, 1.54) is 18.4 Å². The number of carbonyl (C=O) groups is 1. The number of hydrogen-bond acceptors (Lipinski definition) is 2. The van der Waals surface area contributed by atoms with Crippen LogP contribution in [-0.2, 0) is 16.8 Å². The van der Waals surface area contributed by atoms with Gasteiger partial charge in [-0.05, 0) is 43.2 Å². The Balaban J connectivity index is 1.71. The van der Waals surface area contributed by atoms with E-state index in [-0.39, 0.29) is 11.9 Å². The van der Waals surface area contributed by atoms with E-state index in [9.17, 15) is 4.79 Å². The highest BCUT2D eigenvalue weighted by Gasteiger charge is 2.37. The summed E-state index contributed by atoms with van der Waals surface area (Å²) in [6.07, 6.45) is 3.23. The lowest BCUT2D eigenvalue weighted by atomic mass is 9.91. The number of carbonyl (C=O) groups excluding carboxylic acids is 1. The highest BCUT2D eigenvalue weighted by atomic mass is 16.2. The van der Waals surface area contributed by atoms with Gasteiger partial charge in [0.25, 0.3) is 0 Å². The Morgan fingerprint density at radius 2 is 1.70 bits per heavy atom. The van der Waals surface area contributed by atoms with E-state index in [4.69, 9.17) is 5.73 Å². The fourth-order valence-electron chi connectivity index (χ4n) is 2.94. The summed E-state index contributed by atoms with van der Waals surface area (Å²) in [4.78, 5) is 12.8. The van der Waals surface area contributed by atoms with Crippen LogP contribution in [0.3, 0.4) is 0 Å². The molecule has 1 saturated carbocycles. The molecule has 1 fully saturated rings. The number of nitrogens with one attached hydrogen (secondary N) is 1. The van der Waals surface area contributed by atoms with Crippen LogP contribution in [0.25, 0.3) is 0 Å². The van der Waals surface area contributed by atoms with Crippen molar-refractivity contribution in [3.05, 3.63) is 71.8 Å². The van der Waals surface area contributed by atoms with Gasteiger partial charge in [-0.3, -0.25) is 4.79 Å². The molecule has 0 aliphatic heterocycles. The molecule has 3 nitrogen and oxygen atoms in total. The normalized spacial score (nSPS) is 18.0. The zero-order valence-electron chi connectivity index (χ0n) is 13.5. The monoisotopic (exact) mass is 308 g/mol. The van der Waals surface area contributed by atoms with Gasteiger partial charge in [0.05, 0.1) is 0 Å². The molecule has 0 spiro atoms. The fraction of sp³-hybridized carbons (Fsp3) is 0.350. The van der Waals surface area contributed by atoms with E-state index < -0.39 is 5.54 Å². The predicted molar refractivity (Wildman–Crippen MR) is 92.8 cm³/mol. The lowest BCUT2D eigenvalue weighted by Gasteiger charge is -2.28. The van der Waals surface area contributed by atoms with Crippen molar-refractivity contribution in [3.63, 3.8) is 0 Å². The van der Waals surface area contributed by atoms with Gasteiger partial charge in [0.2, 0.25) is 5.91 Å². The van der Waals surface area contributed by atoms with Gasteiger partial charge in [-0.25, -0.2) is 0 Å². The van der Waals surface area contributed by atoms with Crippen molar-refractivity contribution in [3.8, 4) is 0 Å². The Bertz CT molecular complexity index is 648. The van der Waals surface area contributed by atoms with Gasteiger partial charge in [-0.15, -0.1) is 0 Å². The molecule has 0 aromatic heterocycles. The van der Waals surface area contributed by atoms with Crippen molar-refractivity contribution in [2.45, 2.75) is 37.8 Å². The van der Waals surface area contributed by atoms with E-state index >= 15 is 0 Å². The third-order valence-corrected chi connectivity index (χ3v) is 4.65. The minimum Gasteiger partial charge on any atom is -0.351 e. The maximum Gasteiger partial charge on any atom is 0.244 e. The largest absolute Gasteiger partial charge is 0.351 e. The summed E-state index contributed by atoms with van der Waals surface area (Å²) >= 11 is 0. The second-order valence-corrected chi connectivity index (χ2v) is 6.68. The number of nitrogens with two attached hydrogens (primary N) is 1. The van der Waals surface area contributed by atoms with Crippen LogP contribution < -0.4 is 11.1 Å². The molecular weight excluding hydrogens is 284 g/mol. The Morgan fingerprint density at radius 3 is 2.26 bits per heavy atom. The van der Waals surface area contributed by atoms with Crippen LogP contribution in [0.1, 0.15) is 30.9 Å². The van der Waals surface area contributed by atoms with Gasteiger partial charge in [-0.1, -0.05) is 60.7 Å². The summed E-state index contributed by atoms with van der Waals surface area (Å²) in [7, 11) is 0. The average Bonchev–Trinajstić information content (AvgIpc) is 3.41. The second-order valence-electron chi connectivity index (χ2n) is 6.68. The third-order valence-electron chi connectivity index (χ3n) is 4.65. The number of benzene rings is 2. The molecule has 120 valence electrons. The molecule has 0 bridgehead atoms. The first kappa shape index (κ1) is 15.8. The van der Waals surface area contributed by atoms with Crippen LogP contribution >= 0.6 is 0 Å². The average molecular weight is 308 g/mol. The predicted octanol–water partition coefficient (Wildman–Crippen LogP) is 3.00. The van der Waals surface area contributed by atoms with Crippen LogP contribution in [0.5, 0.6) is 0 Å². The van der Waals surface area contributed by atoms with Gasteiger partial charge < -0.3 is 11.1 Å². The molecule has 0 heterocycles. The van der Waals surface area contributed by atoms with E-state index in [0.717, 1.165) is 12.0 Å². The number of hydrogen-bond donors (Lipinski definition) is 2. The van der Waals surface area contributed by atoms with Crippen molar-refractivity contribution in [1.29, 1.82) is 0 Å². The highest BCUT2D eigenvalue weighted by Crippen LogP contribution is 2.34. The fourth-order valence-corrected chi connectivity index (χ4v) is 2.94. The second kappa shape index (κ2) is 6.55. The van der Waals surface area contributed by atoms with E-state index in [0.29, 0.717) is 5.92 Å². The smallest absolute Gasteiger partial charge is 0.244 e. The van der Waals surface area contributed by atoms with Crippen molar-refractivity contribution in [1.82, 2.24) is 5.32 Å². The van der Waals surface area contributed by atoms with Crippen LogP contribution in [0.4, 0.5) is 0 Å². The zero-order valence-corrected chi connectivity index (χ0v) is 13.5. The van der Waals surface area contributed by atoms with Gasteiger partial charge >= 0.3 is 0 Å². The Hall–Kier alpha value is -2.13. The van der Waals surface area contributed by atoms with Crippen molar-refractivity contribution in [2.75, 3.05) is 0 Å². The van der Waals surface area contributed by atoms with Crippen molar-refractivity contribution >= 4 is 5.91 Å². The summed E-state index contributed by atoms with van der Waals surface area (Å²) in [5.74, 6) is 0.474. The van der Waals surface area contributed by atoms with E-state index in [2.05, 4.69) is 17.4 Å². The molecule has 1 amide bonds. The molecule has 23 heavy (non-hydrogen) atoms. The minimum absolute atomic E-state index is 0.100. The van der Waals surface area contributed by atoms with E-state index in [1.807, 2.05) is 48.5 Å². The number of amides is 1. The molecular formula is C20H24N2O. The maximum atomic E-state index is 12.8. The lowest BCUT2D eigenvalue weighted by molar-refractivity contribution is -0.127. The first-order chi connectivity index (χ1) is 11.1. The summed E-state index contributed by atoms with van der Waals surface area (Å²) in [5.41, 5.74) is 7.42. The molecule has 1 aliphatic rings. The van der Waals surface area contributed by atoms with Crippen molar-refractivity contribution < 1.29 is 4.79 Å². The SMILES string of the molecule is CC(N)(C(=O)NC(Cc1ccccc1)C1CC1)c1ccccc1. The molecule has 2 atom stereocenters. The summed E-state index contributed by atoms with van der Waals surface area (Å²) in [5, 5.41) is 3.20. The number of rotatable bonds is 6. The molecule has 2 aromatic rings. The molecule has 0 radical (unpaired) electrons. The standard InChI is InChI=1S/C20H24N2O/c1-20(21,17-10-6-3-7-11-17)19(23)22-18(16-12-13-16)14-15-8-4-2-5-9-15/h2-11,16,18H,12-14,21H2,1H3,(H,22,23). The van der Waals surface area contributed by atoms with E-state index in [1.54, 1.807) is 6.92 Å². The lowest BCUT2D eigenvalue weighted by Crippen LogP contribution is -2.53. The highest BCUT2D eigenvalue weighted by molar-refractivity contribution is 5.87. The molecule has 0 saturated heterocycles. The third kappa shape index (κ3) is 3.80. The first-order valence-corrected chi connectivity index (χ1v) is 8.26. The molecule has 2 aromatic carbocycles. The van der Waals surface area contributed by atoms with Crippen LogP contribution in [0, 0.1) is 5.92 Å². The summed E-state index contributed by atoms with van der Waals surface area (Å²) < 4.78 is 0. The topological polar surface area (TPSA) is 55.1 Å². The van der Waals surface area contributed by atoms with Crippen molar-refractivity contribution in [2.24, 2.45) is 11.7 Å². The first-order valence-electron chi connectivity index (χ1n) is 8.26. The quantitative estimate of drug-likeness (QED) is 0.862. The van der Waals surface area contributed by atoms with Crippen LogP contribution in [0.2, 0.25) is 0 Å². The maximum absolute atomic E-state index is 12.8. The molecule has 3 N–H and O–H groups in total. The molecule has 2 unspecified atom stereocenters. The van der Waals surface area contributed by atoms with Gasteiger partial charge in [0.1, 0.15) is 5.54 Å². The van der Waals surface area contributed by atoms with Crippen LogP contribution in [-0.4, -0.2) is 11.9 Å². The zero-order chi connectivity index (χ0) is 16.3. The van der Waals surface area contributed by atoms with Gasteiger partial charge in [0.15, 0.2) is 0 Å². The molecule has 3 heteroatoms. The van der Waals surface area contributed by atoms with Gasteiger partial charge in [0, 0.05) is 6.04 Å². The summed E-state index contributed by atoms with van der Waals surface area (Å²) in [6.45, 7) is 1.78. The summed E-state index contributed by atoms with van der Waals surface area (Å²) in [6, 6.07) is 20.0. The van der Waals surface area contributed by atoms with Crippen LogP contribution in [0.15, 0.2) is 60.7 Å². The Morgan fingerprint density at radius 1 is 1.13 bits per heavy atom. The minimum atomic E-state index is -1.01. The van der Waals surface area contributed by atoms with Gasteiger partial charge in [-0.2, -0.15) is 0 Å². The Kier molecular flexibility index (Phi) is 4.49. The molecule has 1 aliphatic carbocycles. The Labute approximate surface area is 137 Å². The molecule has 3 rings (SSSR count).